The summed E-state index contributed by atoms with van der Waals surface area (Å²) in [5.74, 6) is 0.401. The minimum atomic E-state index is -0.463. The first-order valence-corrected chi connectivity index (χ1v) is 7.52. The fraction of sp³-hybridized carbons (Fsp3) is 0.857. The van der Waals surface area contributed by atoms with E-state index in [2.05, 4.69) is 34.3 Å². The lowest BCUT2D eigenvalue weighted by molar-refractivity contribution is -0.121. The van der Waals surface area contributed by atoms with E-state index in [0.29, 0.717) is 19.1 Å². The third kappa shape index (κ3) is 7.99. The molecule has 21 heavy (non-hydrogen) atoms. The van der Waals surface area contributed by atoms with Gasteiger partial charge in [0.2, 0.25) is 5.91 Å². The largest absolute Gasteiger partial charge is 0.383 e. The number of amides is 3. The van der Waals surface area contributed by atoms with E-state index in [1.54, 1.807) is 7.11 Å². The van der Waals surface area contributed by atoms with Gasteiger partial charge in [-0.3, -0.25) is 15.0 Å². The van der Waals surface area contributed by atoms with Gasteiger partial charge in [-0.15, -0.1) is 0 Å². The zero-order valence-corrected chi connectivity index (χ0v) is 13.4. The Labute approximate surface area is 127 Å². The normalized spacial score (nSPS) is 17.0. The molecule has 0 unspecified atom stereocenters. The Morgan fingerprint density at radius 3 is 2.33 bits per heavy atom. The van der Waals surface area contributed by atoms with Gasteiger partial charge in [-0.05, 0) is 5.92 Å². The van der Waals surface area contributed by atoms with Gasteiger partial charge in [-0.1, -0.05) is 13.8 Å². The molecule has 0 radical (unpaired) electrons. The number of methoxy groups -OCH3 is 1. The van der Waals surface area contributed by atoms with Crippen molar-refractivity contribution in [2.75, 3.05) is 59.5 Å². The predicted molar refractivity (Wildman–Crippen MR) is 81.1 cm³/mol. The monoisotopic (exact) mass is 300 g/mol. The highest BCUT2D eigenvalue weighted by atomic mass is 16.5. The molecule has 0 bridgehead atoms. The molecule has 0 atom stereocenters. The van der Waals surface area contributed by atoms with Gasteiger partial charge in [-0.2, -0.15) is 0 Å². The van der Waals surface area contributed by atoms with Crippen LogP contribution in [0.1, 0.15) is 13.8 Å². The van der Waals surface area contributed by atoms with Crippen molar-refractivity contribution < 1.29 is 14.3 Å². The first-order valence-electron chi connectivity index (χ1n) is 7.52. The van der Waals surface area contributed by atoms with Crippen LogP contribution < -0.4 is 10.6 Å². The number of nitrogens with one attached hydrogen (secondary N) is 2. The standard InChI is InChI=1S/C14H28N4O3/c1-12(2)10-17-5-7-18(8-6-17)11-13(19)16-14(20)15-4-9-21-3/h12H,4-11H2,1-3H3,(H2,15,16,19,20). The molecular weight excluding hydrogens is 272 g/mol. The lowest BCUT2D eigenvalue weighted by atomic mass is 10.2. The second-order valence-corrected chi connectivity index (χ2v) is 5.77. The number of nitrogens with zero attached hydrogens (tertiary/aromatic N) is 2. The summed E-state index contributed by atoms with van der Waals surface area (Å²) in [6.07, 6.45) is 0. The van der Waals surface area contributed by atoms with Crippen molar-refractivity contribution in [2.45, 2.75) is 13.8 Å². The van der Waals surface area contributed by atoms with E-state index in [4.69, 9.17) is 4.74 Å². The van der Waals surface area contributed by atoms with Crippen molar-refractivity contribution in [3.8, 4) is 0 Å². The van der Waals surface area contributed by atoms with Gasteiger partial charge < -0.3 is 15.0 Å². The van der Waals surface area contributed by atoms with Gasteiger partial charge >= 0.3 is 6.03 Å². The van der Waals surface area contributed by atoms with E-state index >= 15 is 0 Å². The molecule has 7 nitrogen and oxygen atoms in total. The molecule has 1 aliphatic heterocycles. The maximum absolute atomic E-state index is 11.8. The number of imide groups is 1. The molecule has 1 rings (SSSR count). The lowest BCUT2D eigenvalue weighted by Crippen LogP contribution is -2.51. The molecule has 0 aromatic rings. The molecule has 2 N–H and O–H groups in total. The fourth-order valence-corrected chi connectivity index (χ4v) is 2.33. The Balaban J connectivity index is 2.17. The van der Waals surface area contributed by atoms with E-state index in [1.807, 2.05) is 0 Å². The van der Waals surface area contributed by atoms with Crippen LogP contribution in [-0.2, 0) is 9.53 Å². The van der Waals surface area contributed by atoms with Gasteiger partial charge in [-0.25, -0.2) is 4.79 Å². The predicted octanol–water partition coefficient (Wildman–Crippen LogP) is -0.268. The van der Waals surface area contributed by atoms with Crippen LogP contribution in [0, 0.1) is 5.92 Å². The molecule has 0 spiro atoms. The van der Waals surface area contributed by atoms with Crippen molar-refractivity contribution in [3.05, 3.63) is 0 Å². The highest BCUT2D eigenvalue weighted by Gasteiger charge is 2.19. The van der Waals surface area contributed by atoms with Crippen LogP contribution in [0.3, 0.4) is 0 Å². The van der Waals surface area contributed by atoms with E-state index in [1.165, 1.54) is 0 Å². The summed E-state index contributed by atoms with van der Waals surface area (Å²) in [5.41, 5.74) is 0. The van der Waals surface area contributed by atoms with E-state index in [-0.39, 0.29) is 12.5 Å². The minimum absolute atomic E-state index is 0.262. The van der Waals surface area contributed by atoms with Gasteiger partial charge in [0, 0.05) is 46.4 Å². The first-order chi connectivity index (χ1) is 10.0. The Hall–Kier alpha value is -1.18. The number of carbonyl (C=O) groups is 2. The highest BCUT2D eigenvalue weighted by molar-refractivity contribution is 5.95. The maximum atomic E-state index is 11.8. The SMILES string of the molecule is COCCNC(=O)NC(=O)CN1CCN(CC(C)C)CC1. The van der Waals surface area contributed by atoms with Gasteiger partial charge in [0.25, 0.3) is 0 Å². The van der Waals surface area contributed by atoms with E-state index < -0.39 is 6.03 Å². The third-order valence-electron chi connectivity index (χ3n) is 3.30. The van der Waals surface area contributed by atoms with Crippen LogP contribution in [0.5, 0.6) is 0 Å². The van der Waals surface area contributed by atoms with Crippen LogP contribution in [0.15, 0.2) is 0 Å². The molecule has 3 amide bonds. The summed E-state index contributed by atoms with van der Waals surface area (Å²) in [6.45, 7) is 10.3. The zero-order chi connectivity index (χ0) is 15.7. The van der Waals surface area contributed by atoms with Crippen LogP contribution in [0.4, 0.5) is 4.79 Å². The average molecular weight is 300 g/mol. The van der Waals surface area contributed by atoms with Crippen molar-refractivity contribution in [3.63, 3.8) is 0 Å². The van der Waals surface area contributed by atoms with E-state index in [9.17, 15) is 9.59 Å². The molecule has 0 aromatic carbocycles. The number of carbonyl (C=O) groups excluding carboxylic acids is 2. The Kier molecular flexibility index (Phi) is 8.26. The quantitative estimate of drug-likeness (QED) is 0.633. The summed E-state index contributed by atoms with van der Waals surface area (Å²) < 4.78 is 4.82. The minimum Gasteiger partial charge on any atom is -0.383 e. The topological polar surface area (TPSA) is 73.9 Å². The Bertz CT molecular complexity index is 328. The Morgan fingerprint density at radius 2 is 1.76 bits per heavy atom. The van der Waals surface area contributed by atoms with Gasteiger partial charge in [0.1, 0.15) is 0 Å². The number of ether oxygens (including phenoxy) is 1. The summed E-state index contributed by atoms with van der Waals surface area (Å²) in [5, 5.41) is 4.89. The van der Waals surface area contributed by atoms with Gasteiger partial charge in [0.05, 0.1) is 13.2 Å². The zero-order valence-electron chi connectivity index (χ0n) is 13.4. The van der Waals surface area contributed by atoms with Crippen LogP contribution in [0.2, 0.25) is 0 Å². The lowest BCUT2D eigenvalue weighted by Gasteiger charge is -2.35. The number of hydrogen-bond donors (Lipinski definition) is 2. The third-order valence-corrected chi connectivity index (χ3v) is 3.30. The summed E-state index contributed by atoms with van der Waals surface area (Å²) in [7, 11) is 1.56. The second kappa shape index (κ2) is 9.70. The number of hydrogen-bond acceptors (Lipinski definition) is 5. The molecule has 0 saturated carbocycles. The Morgan fingerprint density at radius 1 is 1.14 bits per heavy atom. The average Bonchev–Trinajstić information content (AvgIpc) is 2.40. The molecule has 7 heteroatoms. The van der Waals surface area contributed by atoms with Crippen molar-refractivity contribution in [2.24, 2.45) is 5.92 Å². The molecule has 122 valence electrons. The second-order valence-electron chi connectivity index (χ2n) is 5.77. The molecule has 1 fully saturated rings. The smallest absolute Gasteiger partial charge is 0.321 e. The van der Waals surface area contributed by atoms with Crippen molar-refractivity contribution in [1.29, 1.82) is 0 Å². The molecule has 1 saturated heterocycles. The number of rotatable bonds is 7. The fourth-order valence-electron chi connectivity index (χ4n) is 2.33. The van der Waals surface area contributed by atoms with Crippen LogP contribution >= 0.6 is 0 Å². The van der Waals surface area contributed by atoms with Crippen molar-refractivity contribution in [1.82, 2.24) is 20.4 Å². The number of piperazine rings is 1. The van der Waals surface area contributed by atoms with Crippen molar-refractivity contribution >= 4 is 11.9 Å². The van der Waals surface area contributed by atoms with Crippen LogP contribution in [0.25, 0.3) is 0 Å². The molecular formula is C14H28N4O3. The molecule has 1 heterocycles. The summed E-state index contributed by atoms with van der Waals surface area (Å²) in [6, 6.07) is -0.463. The molecule has 0 aliphatic carbocycles. The summed E-state index contributed by atoms with van der Waals surface area (Å²) in [4.78, 5) is 27.7. The highest BCUT2D eigenvalue weighted by Crippen LogP contribution is 2.04. The van der Waals surface area contributed by atoms with Crippen LogP contribution in [-0.4, -0.2) is 81.3 Å². The molecule has 0 aromatic heterocycles. The van der Waals surface area contributed by atoms with Gasteiger partial charge in [0.15, 0.2) is 0 Å². The molecule has 1 aliphatic rings. The maximum Gasteiger partial charge on any atom is 0.321 e. The number of urea groups is 1. The van der Waals surface area contributed by atoms with E-state index in [0.717, 1.165) is 32.7 Å². The summed E-state index contributed by atoms with van der Waals surface area (Å²) >= 11 is 0. The first kappa shape index (κ1) is 17.9.